The Morgan fingerprint density at radius 1 is 1.38 bits per heavy atom. The number of aryl methyl sites for hydroxylation is 1. The maximum atomic E-state index is 11.7. The molecule has 1 heterocycles. The van der Waals surface area contributed by atoms with Gasteiger partial charge in [0.25, 0.3) is 0 Å². The van der Waals surface area contributed by atoms with E-state index in [1.165, 1.54) is 0 Å². The van der Waals surface area contributed by atoms with E-state index in [1.54, 1.807) is 4.90 Å². The summed E-state index contributed by atoms with van der Waals surface area (Å²) in [5.41, 5.74) is 1.97. The summed E-state index contributed by atoms with van der Waals surface area (Å²) in [6.07, 6.45) is 0.218. The Bertz CT molecular complexity index is 427. The van der Waals surface area contributed by atoms with Crippen LogP contribution in [-0.4, -0.2) is 17.7 Å². The molecule has 84 valence electrons. The van der Waals surface area contributed by atoms with Crippen molar-refractivity contribution in [3.63, 3.8) is 0 Å². The van der Waals surface area contributed by atoms with Gasteiger partial charge in [-0.3, -0.25) is 9.59 Å². The second-order valence-corrected chi connectivity index (χ2v) is 4.42. The minimum Gasteiger partial charge on any atom is -0.312 e. The van der Waals surface area contributed by atoms with Crippen molar-refractivity contribution in [2.24, 2.45) is 5.92 Å². The molecular weight excluding hydrogens is 226 g/mol. The molecular formula is C12H12ClNO2. The largest absolute Gasteiger partial charge is 0.312 e. The third kappa shape index (κ3) is 2.09. The van der Waals surface area contributed by atoms with Gasteiger partial charge in [-0.1, -0.05) is 17.7 Å². The van der Waals surface area contributed by atoms with Gasteiger partial charge in [-0.05, 0) is 30.7 Å². The molecule has 1 amide bonds. The lowest BCUT2D eigenvalue weighted by Gasteiger charge is -2.16. The van der Waals surface area contributed by atoms with Gasteiger partial charge in [-0.25, -0.2) is 0 Å². The zero-order valence-electron chi connectivity index (χ0n) is 8.94. The Morgan fingerprint density at radius 3 is 2.50 bits per heavy atom. The van der Waals surface area contributed by atoms with Gasteiger partial charge >= 0.3 is 0 Å². The molecule has 1 aromatic rings. The summed E-state index contributed by atoms with van der Waals surface area (Å²) < 4.78 is 0. The molecule has 0 N–H and O–H groups in total. The lowest BCUT2D eigenvalue weighted by Crippen LogP contribution is -2.25. The lowest BCUT2D eigenvalue weighted by atomic mass is 10.1. The van der Waals surface area contributed by atoms with E-state index in [-0.39, 0.29) is 18.2 Å². The van der Waals surface area contributed by atoms with E-state index < -0.39 is 5.24 Å². The number of amides is 1. The van der Waals surface area contributed by atoms with E-state index in [9.17, 15) is 9.59 Å². The second kappa shape index (κ2) is 4.26. The highest BCUT2D eigenvalue weighted by Crippen LogP contribution is 2.26. The first-order chi connectivity index (χ1) is 7.58. The van der Waals surface area contributed by atoms with Crippen LogP contribution >= 0.6 is 11.6 Å². The number of halogens is 1. The summed E-state index contributed by atoms with van der Waals surface area (Å²) in [7, 11) is 0. The average Bonchev–Trinajstić information content (AvgIpc) is 2.62. The standard InChI is InChI=1S/C12H12ClNO2/c1-8-2-4-10(5-3-8)14-7-9(12(13)16)6-11(14)15/h2-5,9H,6-7H2,1H3/t9-/m1/s1. The minimum absolute atomic E-state index is 0.0390. The zero-order chi connectivity index (χ0) is 11.7. The van der Waals surface area contributed by atoms with Crippen molar-refractivity contribution in [2.45, 2.75) is 13.3 Å². The normalized spacial score (nSPS) is 20.2. The van der Waals surface area contributed by atoms with Crippen LogP contribution in [0.1, 0.15) is 12.0 Å². The van der Waals surface area contributed by atoms with Crippen LogP contribution in [0.2, 0.25) is 0 Å². The SMILES string of the molecule is Cc1ccc(N2C[C@H](C(=O)Cl)CC2=O)cc1. The molecule has 0 spiro atoms. The maximum Gasteiger partial charge on any atom is 0.227 e. The third-order valence-corrected chi connectivity index (χ3v) is 3.10. The Balaban J connectivity index is 2.20. The summed E-state index contributed by atoms with van der Waals surface area (Å²) in [5, 5.41) is -0.428. The van der Waals surface area contributed by atoms with Gasteiger partial charge < -0.3 is 4.90 Å². The van der Waals surface area contributed by atoms with E-state index >= 15 is 0 Å². The van der Waals surface area contributed by atoms with Gasteiger partial charge in [0.15, 0.2) is 0 Å². The zero-order valence-corrected chi connectivity index (χ0v) is 9.70. The lowest BCUT2D eigenvalue weighted by molar-refractivity contribution is -0.120. The van der Waals surface area contributed by atoms with Gasteiger partial charge in [0, 0.05) is 18.7 Å². The Labute approximate surface area is 99.0 Å². The number of benzene rings is 1. The molecule has 1 aliphatic rings. The van der Waals surface area contributed by atoms with Crippen molar-refractivity contribution in [3.8, 4) is 0 Å². The predicted octanol–water partition coefficient (Wildman–Crippen LogP) is 2.11. The highest BCUT2D eigenvalue weighted by molar-refractivity contribution is 6.64. The molecule has 1 fully saturated rings. The molecule has 0 aromatic heterocycles. The van der Waals surface area contributed by atoms with Crippen LogP contribution in [0.4, 0.5) is 5.69 Å². The molecule has 1 aliphatic heterocycles. The number of hydrogen-bond acceptors (Lipinski definition) is 2. The Kier molecular flexibility index (Phi) is 2.97. The van der Waals surface area contributed by atoms with Crippen LogP contribution in [0.25, 0.3) is 0 Å². The third-order valence-electron chi connectivity index (χ3n) is 2.79. The summed E-state index contributed by atoms with van der Waals surface area (Å²) in [5.74, 6) is -0.404. The van der Waals surface area contributed by atoms with E-state index in [0.29, 0.717) is 6.54 Å². The molecule has 0 unspecified atom stereocenters. The summed E-state index contributed by atoms with van der Waals surface area (Å²) in [6.45, 7) is 2.38. The van der Waals surface area contributed by atoms with Crippen molar-refractivity contribution in [3.05, 3.63) is 29.8 Å². The van der Waals surface area contributed by atoms with Gasteiger partial charge in [0.2, 0.25) is 11.1 Å². The molecule has 2 rings (SSSR count). The maximum absolute atomic E-state index is 11.7. The van der Waals surface area contributed by atoms with Crippen LogP contribution in [0, 0.1) is 12.8 Å². The topological polar surface area (TPSA) is 37.4 Å². The predicted molar refractivity (Wildman–Crippen MR) is 62.5 cm³/mol. The van der Waals surface area contributed by atoms with Crippen LogP contribution in [0.15, 0.2) is 24.3 Å². The van der Waals surface area contributed by atoms with Crippen LogP contribution in [0.3, 0.4) is 0 Å². The molecule has 1 aromatic carbocycles. The first-order valence-corrected chi connectivity index (χ1v) is 5.52. The number of rotatable bonds is 2. The summed E-state index contributed by atoms with van der Waals surface area (Å²) in [6, 6.07) is 7.65. The molecule has 0 bridgehead atoms. The smallest absolute Gasteiger partial charge is 0.227 e. The molecule has 0 aliphatic carbocycles. The summed E-state index contributed by atoms with van der Waals surface area (Å²) >= 11 is 5.41. The molecule has 0 saturated carbocycles. The summed E-state index contributed by atoms with van der Waals surface area (Å²) in [4.78, 5) is 24.3. The molecule has 3 nitrogen and oxygen atoms in total. The fraction of sp³-hybridized carbons (Fsp3) is 0.333. The second-order valence-electron chi connectivity index (χ2n) is 4.05. The minimum atomic E-state index is -0.428. The first-order valence-electron chi connectivity index (χ1n) is 5.14. The molecule has 4 heteroatoms. The molecule has 1 saturated heterocycles. The average molecular weight is 238 g/mol. The first kappa shape index (κ1) is 11.1. The number of anilines is 1. The monoisotopic (exact) mass is 237 g/mol. The van der Waals surface area contributed by atoms with Gasteiger partial charge in [0.1, 0.15) is 0 Å². The van der Waals surface area contributed by atoms with Gasteiger partial charge in [-0.15, -0.1) is 0 Å². The van der Waals surface area contributed by atoms with Gasteiger partial charge in [0.05, 0.1) is 5.92 Å². The Morgan fingerprint density at radius 2 is 2.00 bits per heavy atom. The van der Waals surface area contributed by atoms with Crippen molar-refractivity contribution in [2.75, 3.05) is 11.4 Å². The highest BCUT2D eigenvalue weighted by atomic mass is 35.5. The fourth-order valence-corrected chi connectivity index (χ4v) is 1.98. The molecule has 16 heavy (non-hydrogen) atoms. The van der Waals surface area contributed by atoms with Crippen LogP contribution < -0.4 is 4.90 Å². The fourth-order valence-electron chi connectivity index (χ4n) is 1.83. The van der Waals surface area contributed by atoms with Gasteiger partial charge in [-0.2, -0.15) is 0 Å². The number of nitrogens with zero attached hydrogens (tertiary/aromatic N) is 1. The van der Waals surface area contributed by atoms with E-state index in [2.05, 4.69) is 0 Å². The van der Waals surface area contributed by atoms with E-state index in [1.807, 2.05) is 31.2 Å². The Hall–Kier alpha value is -1.35. The molecule has 1 atom stereocenters. The van der Waals surface area contributed by atoms with Crippen molar-refractivity contribution >= 4 is 28.4 Å². The number of carbonyl (C=O) groups excluding carboxylic acids is 2. The highest BCUT2D eigenvalue weighted by Gasteiger charge is 2.34. The number of hydrogen-bond donors (Lipinski definition) is 0. The quantitative estimate of drug-likeness (QED) is 0.739. The van der Waals surface area contributed by atoms with E-state index in [4.69, 9.17) is 11.6 Å². The van der Waals surface area contributed by atoms with Crippen molar-refractivity contribution in [1.82, 2.24) is 0 Å². The van der Waals surface area contributed by atoms with E-state index in [0.717, 1.165) is 11.3 Å². The molecule has 0 radical (unpaired) electrons. The van der Waals surface area contributed by atoms with Crippen molar-refractivity contribution in [1.29, 1.82) is 0 Å². The van der Waals surface area contributed by atoms with Crippen molar-refractivity contribution < 1.29 is 9.59 Å². The van der Waals surface area contributed by atoms with Crippen LogP contribution in [-0.2, 0) is 9.59 Å². The van der Waals surface area contributed by atoms with Crippen LogP contribution in [0.5, 0.6) is 0 Å². The number of carbonyl (C=O) groups is 2.